The minimum atomic E-state index is -0.901. The summed E-state index contributed by atoms with van der Waals surface area (Å²) in [5.41, 5.74) is 3.44. The summed E-state index contributed by atoms with van der Waals surface area (Å²) in [5, 5.41) is 8.74. The van der Waals surface area contributed by atoms with E-state index >= 15 is 0 Å². The first-order valence-electron chi connectivity index (χ1n) is 7.17. The summed E-state index contributed by atoms with van der Waals surface area (Å²) in [5.74, 6) is -0.901. The smallest absolute Gasteiger partial charge is 0.328 e. The molecule has 0 aliphatic rings. The van der Waals surface area contributed by atoms with Crippen molar-refractivity contribution in [3.63, 3.8) is 0 Å². The molecule has 1 atom stereocenters. The van der Waals surface area contributed by atoms with Crippen molar-refractivity contribution in [2.75, 3.05) is 6.61 Å². The van der Waals surface area contributed by atoms with Crippen LogP contribution in [0.25, 0.3) is 0 Å². The van der Waals surface area contributed by atoms with Crippen molar-refractivity contribution in [3.05, 3.63) is 34.9 Å². The van der Waals surface area contributed by atoms with Crippen LogP contribution < -0.4 is 0 Å². The number of aliphatic carboxylic acids is 1. The van der Waals surface area contributed by atoms with Crippen molar-refractivity contribution < 1.29 is 14.6 Å². The molecule has 0 heterocycles. The van der Waals surface area contributed by atoms with Gasteiger partial charge in [0.15, 0.2) is 0 Å². The van der Waals surface area contributed by atoms with Gasteiger partial charge in [-0.25, -0.2) is 4.79 Å². The first kappa shape index (κ1) is 18.7. The largest absolute Gasteiger partial charge is 0.478 e. The lowest BCUT2D eigenvalue weighted by atomic mass is 10.0. The van der Waals surface area contributed by atoms with Crippen LogP contribution >= 0.6 is 0 Å². The molecule has 0 saturated carbocycles. The zero-order valence-corrected chi connectivity index (χ0v) is 13.4. The van der Waals surface area contributed by atoms with E-state index in [2.05, 4.69) is 32.9 Å². The molecular formula is C17H28O3. The highest BCUT2D eigenvalue weighted by molar-refractivity contribution is 5.80. The van der Waals surface area contributed by atoms with E-state index in [4.69, 9.17) is 9.84 Å². The molecule has 1 unspecified atom stereocenters. The lowest BCUT2D eigenvalue weighted by Gasteiger charge is -2.14. The van der Waals surface area contributed by atoms with Gasteiger partial charge in [0.2, 0.25) is 0 Å². The number of hydrogen-bond donors (Lipinski definition) is 1. The average molecular weight is 280 g/mol. The van der Waals surface area contributed by atoms with Crippen molar-refractivity contribution >= 4 is 5.97 Å². The zero-order valence-electron chi connectivity index (χ0n) is 13.4. The van der Waals surface area contributed by atoms with Crippen LogP contribution in [0.1, 0.15) is 53.9 Å². The number of carboxylic acid groups (broad SMARTS) is 1. The summed E-state index contributed by atoms with van der Waals surface area (Å²) in [6.07, 6.45) is 8.22. The summed E-state index contributed by atoms with van der Waals surface area (Å²) in [4.78, 5) is 10.6. The van der Waals surface area contributed by atoms with Gasteiger partial charge in [-0.3, -0.25) is 0 Å². The lowest BCUT2D eigenvalue weighted by Crippen LogP contribution is -2.11. The Morgan fingerprint density at radius 2 is 1.85 bits per heavy atom. The van der Waals surface area contributed by atoms with Gasteiger partial charge in [-0.1, -0.05) is 28.9 Å². The van der Waals surface area contributed by atoms with Gasteiger partial charge in [-0.15, -0.1) is 0 Å². The Morgan fingerprint density at radius 3 is 2.35 bits per heavy atom. The van der Waals surface area contributed by atoms with E-state index in [0.717, 1.165) is 18.4 Å². The standard InChI is InChI=1S/C17H28O3/c1-6-20-16(11-15(5)12-17(18)19)10-14(4)9-7-8-13(2)3/h8,10,12,16H,6-7,9,11H2,1-5H3,(H,18,19)/b14-10+,15-12-. The fraction of sp³-hybridized carbons (Fsp3) is 0.588. The van der Waals surface area contributed by atoms with Gasteiger partial charge in [0.1, 0.15) is 0 Å². The van der Waals surface area contributed by atoms with Crippen molar-refractivity contribution in [2.45, 2.75) is 60.0 Å². The molecule has 3 heteroatoms. The second-order valence-corrected chi connectivity index (χ2v) is 5.36. The third-order valence-corrected chi connectivity index (χ3v) is 2.84. The molecule has 0 amide bonds. The minimum Gasteiger partial charge on any atom is -0.478 e. The summed E-state index contributed by atoms with van der Waals surface area (Å²) in [6.45, 7) is 10.7. The first-order chi connectivity index (χ1) is 9.35. The molecule has 0 bridgehead atoms. The maximum absolute atomic E-state index is 10.6. The van der Waals surface area contributed by atoms with Crippen LogP contribution in [0.15, 0.2) is 34.9 Å². The molecule has 0 aliphatic carbocycles. The molecular weight excluding hydrogens is 252 g/mol. The number of carbonyl (C=O) groups is 1. The molecule has 20 heavy (non-hydrogen) atoms. The van der Waals surface area contributed by atoms with E-state index in [1.807, 2.05) is 13.8 Å². The molecule has 0 radical (unpaired) electrons. The predicted molar refractivity (Wildman–Crippen MR) is 83.8 cm³/mol. The van der Waals surface area contributed by atoms with Gasteiger partial charge in [-0.2, -0.15) is 0 Å². The van der Waals surface area contributed by atoms with E-state index in [1.165, 1.54) is 17.2 Å². The highest BCUT2D eigenvalue weighted by atomic mass is 16.5. The Morgan fingerprint density at radius 1 is 1.20 bits per heavy atom. The lowest BCUT2D eigenvalue weighted by molar-refractivity contribution is -0.131. The molecule has 0 rings (SSSR count). The predicted octanol–water partition coefficient (Wildman–Crippen LogP) is 4.51. The fourth-order valence-corrected chi connectivity index (χ4v) is 1.96. The maximum Gasteiger partial charge on any atom is 0.328 e. The van der Waals surface area contributed by atoms with Crippen LogP contribution in [-0.2, 0) is 9.53 Å². The van der Waals surface area contributed by atoms with Gasteiger partial charge in [0, 0.05) is 12.7 Å². The third kappa shape index (κ3) is 10.6. The first-order valence-corrected chi connectivity index (χ1v) is 7.17. The number of ether oxygens (including phenoxy) is 1. The molecule has 114 valence electrons. The van der Waals surface area contributed by atoms with Gasteiger partial charge in [0.05, 0.1) is 6.10 Å². The Balaban J connectivity index is 4.58. The Bertz CT molecular complexity index is 385. The number of carboxylic acids is 1. The van der Waals surface area contributed by atoms with E-state index in [-0.39, 0.29) is 6.10 Å². The van der Waals surface area contributed by atoms with Crippen LogP contribution in [0, 0.1) is 0 Å². The highest BCUT2D eigenvalue weighted by Crippen LogP contribution is 2.14. The normalized spacial score (nSPS) is 14.1. The van der Waals surface area contributed by atoms with Crippen LogP contribution in [0.5, 0.6) is 0 Å². The van der Waals surface area contributed by atoms with Crippen LogP contribution in [0.3, 0.4) is 0 Å². The second-order valence-electron chi connectivity index (χ2n) is 5.36. The summed E-state index contributed by atoms with van der Waals surface area (Å²) in [6, 6.07) is 0. The number of hydrogen-bond acceptors (Lipinski definition) is 2. The highest BCUT2D eigenvalue weighted by Gasteiger charge is 2.07. The maximum atomic E-state index is 10.6. The topological polar surface area (TPSA) is 46.5 Å². The second kappa shape index (κ2) is 10.4. The van der Waals surface area contributed by atoms with Crippen molar-refractivity contribution in [1.82, 2.24) is 0 Å². The van der Waals surface area contributed by atoms with Crippen LogP contribution in [-0.4, -0.2) is 23.8 Å². The monoisotopic (exact) mass is 280 g/mol. The minimum absolute atomic E-state index is 0.0395. The van der Waals surface area contributed by atoms with E-state index in [0.29, 0.717) is 13.0 Å². The fourth-order valence-electron chi connectivity index (χ4n) is 1.96. The molecule has 0 aromatic heterocycles. The summed E-state index contributed by atoms with van der Waals surface area (Å²) < 4.78 is 5.67. The van der Waals surface area contributed by atoms with Crippen molar-refractivity contribution in [2.24, 2.45) is 0 Å². The van der Waals surface area contributed by atoms with Crippen LogP contribution in [0.4, 0.5) is 0 Å². The van der Waals surface area contributed by atoms with E-state index < -0.39 is 5.97 Å². The number of allylic oxidation sites excluding steroid dienone is 3. The Labute approximate surface area is 123 Å². The molecule has 1 N–H and O–H groups in total. The Kier molecular flexibility index (Phi) is 9.73. The Hall–Kier alpha value is -1.35. The van der Waals surface area contributed by atoms with Gasteiger partial charge < -0.3 is 9.84 Å². The molecule has 0 aromatic rings. The molecule has 0 aliphatic heterocycles. The average Bonchev–Trinajstić information content (AvgIpc) is 2.27. The summed E-state index contributed by atoms with van der Waals surface area (Å²) in [7, 11) is 0. The van der Waals surface area contributed by atoms with Gasteiger partial charge >= 0.3 is 5.97 Å². The van der Waals surface area contributed by atoms with E-state index in [1.54, 1.807) is 0 Å². The molecule has 0 aromatic carbocycles. The van der Waals surface area contributed by atoms with Gasteiger partial charge in [-0.05, 0) is 53.9 Å². The quantitative estimate of drug-likeness (QED) is 0.499. The third-order valence-electron chi connectivity index (χ3n) is 2.84. The zero-order chi connectivity index (χ0) is 15.5. The van der Waals surface area contributed by atoms with Gasteiger partial charge in [0.25, 0.3) is 0 Å². The van der Waals surface area contributed by atoms with E-state index in [9.17, 15) is 4.79 Å². The molecule has 3 nitrogen and oxygen atoms in total. The number of rotatable bonds is 9. The van der Waals surface area contributed by atoms with Crippen molar-refractivity contribution in [1.29, 1.82) is 0 Å². The van der Waals surface area contributed by atoms with Crippen molar-refractivity contribution in [3.8, 4) is 0 Å². The molecule has 0 spiro atoms. The SMILES string of the molecule is CCOC(/C=C(\C)CCC=C(C)C)C/C(C)=C\C(=O)O. The molecule has 0 fully saturated rings. The molecule has 0 saturated heterocycles. The van der Waals surface area contributed by atoms with Crippen LogP contribution in [0.2, 0.25) is 0 Å². The summed E-state index contributed by atoms with van der Waals surface area (Å²) >= 11 is 0.